The number of anilines is 1. The molecular weight excluding hydrogens is 315 g/mol. The Hall–Kier alpha value is -2.34. The summed E-state index contributed by atoms with van der Waals surface area (Å²) >= 11 is 5.19. The molecule has 0 spiro atoms. The topological polar surface area (TPSA) is 42.5 Å². The Kier molecular flexibility index (Phi) is 6.17. The van der Waals surface area contributed by atoms with Crippen LogP contribution < -0.4 is 20.1 Å². The van der Waals surface area contributed by atoms with E-state index in [1.807, 2.05) is 18.2 Å². The molecule has 0 unspecified atom stereocenters. The fraction of sp³-hybridized carbons (Fsp3) is 0.235. The van der Waals surface area contributed by atoms with Crippen LogP contribution in [0.25, 0.3) is 0 Å². The minimum absolute atomic E-state index is 0.303. The predicted molar refractivity (Wildman–Crippen MR) is 93.9 cm³/mol. The van der Waals surface area contributed by atoms with E-state index in [-0.39, 0.29) is 5.82 Å². The maximum Gasteiger partial charge on any atom is 0.170 e. The molecule has 0 fully saturated rings. The molecule has 0 radical (unpaired) electrons. The van der Waals surface area contributed by atoms with E-state index in [0.717, 1.165) is 12.0 Å². The van der Waals surface area contributed by atoms with Gasteiger partial charge in [-0.2, -0.15) is 0 Å². The SMILES string of the molecule is COc1ccc(CCNC(=S)Nc2cccc(F)c2)cc1OC. The highest BCUT2D eigenvalue weighted by atomic mass is 32.1. The summed E-state index contributed by atoms with van der Waals surface area (Å²) in [5.74, 6) is 1.10. The van der Waals surface area contributed by atoms with Crippen LogP contribution in [0.2, 0.25) is 0 Å². The van der Waals surface area contributed by atoms with Crippen LogP contribution in [-0.4, -0.2) is 25.9 Å². The third-order valence-corrected chi connectivity index (χ3v) is 3.48. The molecule has 2 aromatic carbocycles. The van der Waals surface area contributed by atoms with E-state index in [4.69, 9.17) is 21.7 Å². The van der Waals surface area contributed by atoms with Crippen LogP contribution >= 0.6 is 12.2 Å². The maximum atomic E-state index is 13.1. The van der Waals surface area contributed by atoms with Crippen molar-refractivity contribution in [1.29, 1.82) is 0 Å². The molecule has 0 heterocycles. The number of thiocarbonyl (C=S) groups is 1. The normalized spacial score (nSPS) is 10.0. The van der Waals surface area contributed by atoms with Crippen LogP contribution in [-0.2, 0) is 6.42 Å². The van der Waals surface area contributed by atoms with Gasteiger partial charge in [0.05, 0.1) is 14.2 Å². The first-order valence-electron chi connectivity index (χ1n) is 7.13. The lowest BCUT2D eigenvalue weighted by Gasteiger charge is -2.12. The van der Waals surface area contributed by atoms with E-state index in [0.29, 0.717) is 28.8 Å². The van der Waals surface area contributed by atoms with Gasteiger partial charge >= 0.3 is 0 Å². The van der Waals surface area contributed by atoms with Gasteiger partial charge in [0.1, 0.15) is 5.82 Å². The van der Waals surface area contributed by atoms with Crippen molar-refractivity contribution in [2.45, 2.75) is 6.42 Å². The van der Waals surface area contributed by atoms with E-state index in [2.05, 4.69) is 10.6 Å². The smallest absolute Gasteiger partial charge is 0.170 e. The molecule has 0 saturated heterocycles. The van der Waals surface area contributed by atoms with E-state index in [9.17, 15) is 4.39 Å². The lowest BCUT2D eigenvalue weighted by Crippen LogP contribution is -2.30. The molecular formula is C17H19FN2O2S. The number of hydrogen-bond donors (Lipinski definition) is 2. The van der Waals surface area contributed by atoms with E-state index in [1.165, 1.54) is 12.1 Å². The van der Waals surface area contributed by atoms with Gasteiger partial charge in [0.25, 0.3) is 0 Å². The van der Waals surface area contributed by atoms with Gasteiger partial charge in [0, 0.05) is 12.2 Å². The van der Waals surface area contributed by atoms with Gasteiger partial charge in [-0.25, -0.2) is 4.39 Å². The van der Waals surface area contributed by atoms with E-state index in [1.54, 1.807) is 26.4 Å². The van der Waals surface area contributed by atoms with Crippen molar-refractivity contribution in [3.63, 3.8) is 0 Å². The summed E-state index contributed by atoms with van der Waals surface area (Å²) < 4.78 is 23.6. The molecule has 0 aromatic heterocycles. The molecule has 4 nitrogen and oxygen atoms in total. The van der Waals surface area contributed by atoms with Crippen LogP contribution in [0.5, 0.6) is 11.5 Å². The lowest BCUT2D eigenvalue weighted by atomic mass is 10.1. The summed E-state index contributed by atoms with van der Waals surface area (Å²) in [5, 5.41) is 6.49. The fourth-order valence-electron chi connectivity index (χ4n) is 2.10. The molecule has 0 atom stereocenters. The van der Waals surface area contributed by atoms with Crippen LogP contribution in [0.1, 0.15) is 5.56 Å². The largest absolute Gasteiger partial charge is 0.493 e. The molecule has 0 saturated carbocycles. The molecule has 122 valence electrons. The summed E-state index contributed by atoms with van der Waals surface area (Å²) in [6.45, 7) is 0.649. The molecule has 0 bridgehead atoms. The first-order valence-corrected chi connectivity index (χ1v) is 7.54. The first-order chi connectivity index (χ1) is 11.1. The molecule has 6 heteroatoms. The Labute approximate surface area is 140 Å². The second-order valence-corrected chi connectivity index (χ2v) is 5.24. The van der Waals surface area contributed by atoms with Crippen molar-refractivity contribution < 1.29 is 13.9 Å². The van der Waals surface area contributed by atoms with Crippen LogP contribution in [0.4, 0.5) is 10.1 Å². The summed E-state index contributed by atoms with van der Waals surface area (Å²) in [4.78, 5) is 0. The van der Waals surface area contributed by atoms with Crippen molar-refractivity contribution in [3.05, 3.63) is 53.8 Å². The first kappa shape index (κ1) is 17.0. The number of ether oxygens (including phenoxy) is 2. The maximum absolute atomic E-state index is 13.1. The number of nitrogens with one attached hydrogen (secondary N) is 2. The van der Waals surface area contributed by atoms with Gasteiger partial charge < -0.3 is 20.1 Å². The molecule has 2 N–H and O–H groups in total. The van der Waals surface area contributed by atoms with Crippen molar-refractivity contribution in [1.82, 2.24) is 5.32 Å². The quantitative estimate of drug-likeness (QED) is 0.793. The molecule has 0 aliphatic carbocycles. The highest BCUT2D eigenvalue weighted by molar-refractivity contribution is 7.80. The van der Waals surface area contributed by atoms with Crippen molar-refractivity contribution in [2.75, 3.05) is 26.1 Å². The average Bonchev–Trinajstić information content (AvgIpc) is 2.54. The number of halogens is 1. The fourth-order valence-corrected chi connectivity index (χ4v) is 2.32. The molecule has 2 aromatic rings. The molecule has 0 aliphatic rings. The summed E-state index contributed by atoms with van der Waals surface area (Å²) in [5.41, 5.74) is 1.72. The minimum Gasteiger partial charge on any atom is -0.493 e. The standard InChI is InChI=1S/C17H19FN2O2S/c1-21-15-7-6-12(10-16(15)22-2)8-9-19-17(23)20-14-5-3-4-13(18)11-14/h3-7,10-11H,8-9H2,1-2H3,(H2,19,20,23). The predicted octanol–water partition coefficient (Wildman–Crippen LogP) is 3.37. The summed E-state index contributed by atoms with van der Waals surface area (Å²) in [6.07, 6.45) is 0.769. The van der Waals surface area contributed by atoms with Gasteiger partial charge in [0.2, 0.25) is 0 Å². The number of hydrogen-bond acceptors (Lipinski definition) is 3. The zero-order chi connectivity index (χ0) is 16.7. The molecule has 23 heavy (non-hydrogen) atoms. The van der Waals surface area contributed by atoms with Gasteiger partial charge in [0.15, 0.2) is 16.6 Å². The number of benzene rings is 2. The second kappa shape index (κ2) is 8.33. The van der Waals surface area contributed by atoms with E-state index >= 15 is 0 Å². The van der Waals surface area contributed by atoms with Gasteiger partial charge in [-0.15, -0.1) is 0 Å². The Morgan fingerprint density at radius 3 is 2.57 bits per heavy atom. The summed E-state index contributed by atoms with van der Waals surface area (Å²) in [7, 11) is 3.22. The van der Waals surface area contributed by atoms with Crippen LogP contribution in [0.3, 0.4) is 0 Å². The van der Waals surface area contributed by atoms with Gasteiger partial charge in [-0.05, 0) is 54.5 Å². The van der Waals surface area contributed by atoms with Crippen LogP contribution in [0.15, 0.2) is 42.5 Å². The second-order valence-electron chi connectivity index (χ2n) is 4.83. The van der Waals surface area contributed by atoms with Gasteiger partial charge in [-0.3, -0.25) is 0 Å². The molecule has 2 rings (SSSR count). The monoisotopic (exact) mass is 334 g/mol. The van der Waals surface area contributed by atoms with Crippen molar-refractivity contribution >= 4 is 23.0 Å². The zero-order valence-electron chi connectivity index (χ0n) is 13.1. The van der Waals surface area contributed by atoms with Gasteiger partial charge in [-0.1, -0.05) is 12.1 Å². The Bertz CT molecular complexity index is 679. The highest BCUT2D eigenvalue weighted by Gasteiger charge is 2.05. The molecule has 0 amide bonds. The Balaban J connectivity index is 1.83. The average molecular weight is 334 g/mol. The lowest BCUT2D eigenvalue weighted by molar-refractivity contribution is 0.354. The molecule has 0 aliphatic heterocycles. The Morgan fingerprint density at radius 1 is 1.09 bits per heavy atom. The minimum atomic E-state index is -0.303. The number of methoxy groups -OCH3 is 2. The third-order valence-electron chi connectivity index (χ3n) is 3.23. The van der Waals surface area contributed by atoms with Crippen LogP contribution in [0, 0.1) is 5.82 Å². The third kappa shape index (κ3) is 5.10. The van der Waals surface area contributed by atoms with Crippen molar-refractivity contribution in [3.8, 4) is 11.5 Å². The number of rotatable bonds is 6. The zero-order valence-corrected chi connectivity index (χ0v) is 13.9. The highest BCUT2D eigenvalue weighted by Crippen LogP contribution is 2.27. The Morgan fingerprint density at radius 2 is 1.87 bits per heavy atom. The van der Waals surface area contributed by atoms with Crippen molar-refractivity contribution in [2.24, 2.45) is 0 Å². The van der Waals surface area contributed by atoms with E-state index < -0.39 is 0 Å². The summed E-state index contributed by atoms with van der Waals surface area (Å²) in [6, 6.07) is 11.9.